The van der Waals surface area contributed by atoms with E-state index in [0.717, 1.165) is 83.5 Å². The number of amides is 1. The molecule has 0 aromatic carbocycles. The third kappa shape index (κ3) is 57.1. The van der Waals surface area contributed by atoms with Gasteiger partial charge in [0.15, 0.2) is 0 Å². The fraction of sp³-hybridized carbons (Fsp3) is 0.738. The number of phosphoric acid groups is 1. The second kappa shape index (κ2) is 55.2. The molecule has 3 atom stereocenters. The zero-order chi connectivity index (χ0) is 54.2. The van der Waals surface area contributed by atoms with Crippen LogP contribution >= 0.6 is 7.82 Å². The van der Waals surface area contributed by atoms with E-state index in [9.17, 15) is 19.4 Å². The summed E-state index contributed by atoms with van der Waals surface area (Å²) in [6.45, 7) is 4.75. The van der Waals surface area contributed by atoms with Gasteiger partial charge in [-0.15, -0.1) is 0 Å². The van der Waals surface area contributed by atoms with Crippen LogP contribution in [0.4, 0.5) is 0 Å². The van der Waals surface area contributed by atoms with Gasteiger partial charge in [0.1, 0.15) is 13.2 Å². The number of hydrogen-bond acceptors (Lipinski definition) is 5. The van der Waals surface area contributed by atoms with Gasteiger partial charge in [-0.05, 0) is 77.0 Å². The normalized spacial score (nSPS) is 14.5. The van der Waals surface area contributed by atoms with Crippen molar-refractivity contribution in [2.75, 3.05) is 40.9 Å². The lowest BCUT2D eigenvalue weighted by molar-refractivity contribution is -0.870. The van der Waals surface area contributed by atoms with Crippen molar-refractivity contribution in [1.82, 2.24) is 5.32 Å². The molecule has 428 valence electrons. The average Bonchev–Trinajstić information content (AvgIpc) is 3.36. The van der Waals surface area contributed by atoms with Crippen molar-refractivity contribution >= 4 is 13.7 Å². The fourth-order valence-corrected chi connectivity index (χ4v) is 9.33. The molecule has 0 rings (SSSR count). The molecule has 0 radical (unpaired) electrons. The van der Waals surface area contributed by atoms with E-state index in [1.54, 1.807) is 0 Å². The summed E-state index contributed by atoms with van der Waals surface area (Å²) in [5.41, 5.74) is 0. The number of phosphoric ester groups is 1. The van der Waals surface area contributed by atoms with Crippen LogP contribution in [-0.2, 0) is 18.4 Å². The van der Waals surface area contributed by atoms with Gasteiger partial charge in [-0.2, -0.15) is 0 Å². The van der Waals surface area contributed by atoms with Crippen molar-refractivity contribution in [3.8, 4) is 0 Å². The summed E-state index contributed by atoms with van der Waals surface area (Å²) in [5.74, 6) is -0.188. The molecular weight excluding hydrogens is 936 g/mol. The molecule has 3 N–H and O–H groups in total. The highest BCUT2D eigenvalue weighted by atomic mass is 31.2. The Hall–Kier alpha value is -2.58. The van der Waals surface area contributed by atoms with Gasteiger partial charge in [-0.3, -0.25) is 13.8 Å². The zero-order valence-electron chi connectivity index (χ0n) is 48.8. The first-order chi connectivity index (χ1) is 36.0. The van der Waals surface area contributed by atoms with Gasteiger partial charge in [0, 0.05) is 6.42 Å². The van der Waals surface area contributed by atoms with Gasteiger partial charge in [-0.25, -0.2) is 4.57 Å². The highest BCUT2D eigenvalue weighted by Crippen LogP contribution is 2.43. The van der Waals surface area contributed by atoms with Crippen molar-refractivity contribution in [3.63, 3.8) is 0 Å². The maximum absolute atomic E-state index is 13.0. The molecule has 8 nitrogen and oxygen atoms in total. The molecule has 0 bridgehead atoms. The Bertz CT molecular complexity index is 1520. The van der Waals surface area contributed by atoms with Crippen molar-refractivity contribution in [2.45, 2.75) is 270 Å². The van der Waals surface area contributed by atoms with E-state index in [2.05, 4.69) is 116 Å². The Labute approximate surface area is 458 Å². The molecule has 0 spiro atoms. The minimum Gasteiger partial charge on any atom is -0.391 e. The number of nitrogens with one attached hydrogen (secondary N) is 1. The van der Waals surface area contributed by atoms with Crippen LogP contribution in [0.15, 0.2) is 97.2 Å². The summed E-state index contributed by atoms with van der Waals surface area (Å²) in [6.07, 6.45) is 79.1. The van der Waals surface area contributed by atoms with Crippen LogP contribution in [0.1, 0.15) is 258 Å². The van der Waals surface area contributed by atoms with Gasteiger partial charge in [-0.1, -0.05) is 272 Å². The first kappa shape index (κ1) is 71.4. The van der Waals surface area contributed by atoms with E-state index >= 15 is 0 Å². The highest BCUT2D eigenvalue weighted by Gasteiger charge is 2.28. The molecule has 0 fully saturated rings. The predicted molar refractivity (Wildman–Crippen MR) is 322 cm³/mol. The van der Waals surface area contributed by atoms with Crippen LogP contribution in [0.3, 0.4) is 0 Å². The van der Waals surface area contributed by atoms with Crippen LogP contribution in [-0.4, -0.2) is 73.4 Å². The number of likely N-dealkylation sites (N-methyl/N-ethyl adjacent to an activating group) is 1. The van der Waals surface area contributed by atoms with Crippen LogP contribution in [0.2, 0.25) is 0 Å². The first-order valence-electron chi connectivity index (χ1n) is 30.6. The largest absolute Gasteiger partial charge is 0.472 e. The van der Waals surface area contributed by atoms with E-state index in [0.29, 0.717) is 30.3 Å². The lowest BCUT2D eigenvalue weighted by Gasteiger charge is -2.26. The van der Waals surface area contributed by atoms with Crippen molar-refractivity contribution in [2.24, 2.45) is 0 Å². The minimum absolute atomic E-state index is 0.0610. The van der Waals surface area contributed by atoms with Gasteiger partial charge in [0.25, 0.3) is 0 Å². The van der Waals surface area contributed by atoms with E-state index in [4.69, 9.17) is 9.05 Å². The van der Waals surface area contributed by atoms with Crippen LogP contribution in [0, 0.1) is 0 Å². The van der Waals surface area contributed by atoms with Gasteiger partial charge in [0.05, 0.1) is 39.9 Å². The Kier molecular flexibility index (Phi) is 53.3. The number of carbonyl (C=O) groups is 1. The number of quaternary nitrogens is 1. The summed E-state index contributed by atoms with van der Waals surface area (Å²) in [6, 6.07) is -0.793. The minimum atomic E-state index is -4.35. The van der Waals surface area contributed by atoms with E-state index in [1.165, 1.54) is 141 Å². The maximum Gasteiger partial charge on any atom is 0.472 e. The zero-order valence-corrected chi connectivity index (χ0v) is 49.7. The number of aliphatic hydroxyl groups excluding tert-OH is 1. The van der Waals surface area contributed by atoms with Gasteiger partial charge >= 0.3 is 7.82 Å². The lowest BCUT2D eigenvalue weighted by Crippen LogP contribution is -2.46. The summed E-state index contributed by atoms with van der Waals surface area (Å²) >= 11 is 0. The molecule has 0 aromatic heterocycles. The molecule has 0 heterocycles. The average molecular weight is 1050 g/mol. The molecule has 0 aromatic rings. The molecular formula is C65H118N2O6P+. The summed E-state index contributed by atoms with van der Waals surface area (Å²) in [7, 11) is 1.58. The summed E-state index contributed by atoms with van der Waals surface area (Å²) in [5, 5.41) is 14.1. The number of carbonyl (C=O) groups excluding carboxylic acids is 1. The summed E-state index contributed by atoms with van der Waals surface area (Å²) < 4.78 is 23.8. The lowest BCUT2D eigenvalue weighted by atomic mass is 10.0. The smallest absolute Gasteiger partial charge is 0.391 e. The van der Waals surface area contributed by atoms with Gasteiger partial charge < -0.3 is 19.8 Å². The number of nitrogens with zero attached hydrogens (tertiary/aromatic N) is 1. The third-order valence-corrected chi connectivity index (χ3v) is 14.3. The number of allylic oxidation sites excluding steroid dienone is 16. The monoisotopic (exact) mass is 1050 g/mol. The second-order valence-corrected chi connectivity index (χ2v) is 23.2. The first-order valence-corrected chi connectivity index (χ1v) is 32.1. The molecule has 3 unspecified atom stereocenters. The topological polar surface area (TPSA) is 105 Å². The fourth-order valence-electron chi connectivity index (χ4n) is 8.59. The Morgan fingerprint density at radius 2 is 0.811 bits per heavy atom. The van der Waals surface area contributed by atoms with E-state index in [-0.39, 0.29) is 19.1 Å². The van der Waals surface area contributed by atoms with Crippen LogP contribution in [0.25, 0.3) is 0 Å². The highest BCUT2D eigenvalue weighted by molar-refractivity contribution is 7.47. The summed E-state index contributed by atoms with van der Waals surface area (Å²) in [4.78, 5) is 23.4. The molecule has 0 saturated heterocycles. The SMILES string of the molecule is CC/C=C\C/C=C\C/C=C\C/C=C\C/C=C\C/C=C\C/C=C\C/C=C\CCCCC(=O)NC(COP(=O)(O)OCC[N+](C)(C)C)C(O)CCCCCCCCCCCCCCCCCCCCCCCCCCC. The quantitative estimate of drug-likeness (QED) is 0.0243. The number of rotatable bonds is 55. The third-order valence-electron chi connectivity index (χ3n) is 13.3. The molecule has 1 amide bonds. The van der Waals surface area contributed by atoms with Crippen molar-refractivity contribution < 1.29 is 32.9 Å². The molecule has 9 heteroatoms. The molecule has 0 aliphatic heterocycles. The van der Waals surface area contributed by atoms with E-state index < -0.39 is 20.0 Å². The molecule has 0 saturated carbocycles. The van der Waals surface area contributed by atoms with Crippen LogP contribution in [0.5, 0.6) is 0 Å². The Morgan fingerprint density at radius 1 is 0.473 bits per heavy atom. The number of hydrogen-bond donors (Lipinski definition) is 3. The maximum atomic E-state index is 13.0. The number of aliphatic hydroxyl groups is 1. The van der Waals surface area contributed by atoms with Crippen LogP contribution < -0.4 is 5.32 Å². The molecule has 0 aliphatic carbocycles. The second-order valence-electron chi connectivity index (χ2n) is 21.7. The Balaban J connectivity index is 4.26. The predicted octanol–water partition coefficient (Wildman–Crippen LogP) is 19.0. The van der Waals surface area contributed by atoms with Crippen molar-refractivity contribution in [3.05, 3.63) is 97.2 Å². The van der Waals surface area contributed by atoms with E-state index in [1.807, 2.05) is 21.1 Å². The number of unbranched alkanes of at least 4 members (excludes halogenated alkanes) is 26. The van der Waals surface area contributed by atoms with Crippen molar-refractivity contribution in [1.29, 1.82) is 0 Å². The standard InChI is InChI=1S/C65H117N2O6P/c1-6-8-10-12-14-16-18-20-22-24-26-28-30-32-33-35-37-39-41-43-45-47-49-51-53-55-57-59-65(69)66-63(62-73-74(70,71)72-61-60-67(3,4)5)64(68)58-56-54-52-50-48-46-44-42-40-38-36-34-31-29-27-25-23-21-19-17-15-13-11-9-7-2/h8,10,14,16,20,22,26,28,32-33,37,39,43,45,49,51,63-64,68H,6-7,9,11-13,15,17-19,21,23-25,27,29-31,34-36,38,40-42,44,46-48,50,52-62H2,1-5H3,(H-,66,69,70,71)/p+1/b10-8-,16-14-,22-20-,28-26-,33-32-,39-37-,45-43-,51-49-. The molecule has 74 heavy (non-hydrogen) atoms. The Morgan fingerprint density at radius 3 is 1.16 bits per heavy atom. The van der Waals surface area contributed by atoms with Gasteiger partial charge in [0.2, 0.25) is 5.91 Å². The molecule has 0 aliphatic rings.